The number of hydrogen-bond donors (Lipinski definition) is 1. The first kappa shape index (κ1) is 9.21. The number of fused-ring (bicyclic) bond motifs is 1. The molecule has 0 radical (unpaired) electrons. The van der Waals surface area contributed by atoms with E-state index in [1.165, 1.54) is 16.6 Å². The lowest BCUT2D eigenvalue weighted by molar-refractivity contribution is 0.729. The molecule has 0 unspecified atom stereocenters. The molecular formula is C11H15N3. The van der Waals surface area contributed by atoms with Crippen LogP contribution in [0.15, 0.2) is 24.3 Å². The topological polar surface area (TPSA) is 29.9 Å². The predicted octanol–water partition coefficient (Wildman–Crippen LogP) is 1.34. The molecule has 0 aliphatic carbocycles. The summed E-state index contributed by atoms with van der Waals surface area (Å²) in [6.45, 7) is 0.973. The number of nitrogens with one attached hydrogen (secondary N) is 1. The van der Waals surface area contributed by atoms with Crippen LogP contribution in [0.2, 0.25) is 0 Å². The van der Waals surface area contributed by atoms with E-state index in [4.69, 9.17) is 0 Å². The van der Waals surface area contributed by atoms with Crippen LogP contribution < -0.4 is 5.32 Å². The number of aromatic nitrogens is 2. The lowest BCUT2D eigenvalue weighted by atomic mass is 10.2. The molecule has 0 aliphatic heterocycles. The zero-order valence-electron chi connectivity index (χ0n) is 8.62. The van der Waals surface area contributed by atoms with Gasteiger partial charge in [-0.2, -0.15) is 5.10 Å². The molecule has 0 saturated carbocycles. The number of para-hydroxylation sites is 1. The van der Waals surface area contributed by atoms with E-state index in [1.807, 2.05) is 24.8 Å². The lowest BCUT2D eigenvalue weighted by Gasteiger charge is -1.95. The smallest absolute Gasteiger partial charge is 0.0715 e. The van der Waals surface area contributed by atoms with Crippen LogP contribution in [0.5, 0.6) is 0 Å². The van der Waals surface area contributed by atoms with Gasteiger partial charge in [0.15, 0.2) is 0 Å². The number of hydrogen-bond acceptors (Lipinski definition) is 2. The molecule has 2 aromatic rings. The molecule has 2 rings (SSSR count). The van der Waals surface area contributed by atoms with E-state index in [0.29, 0.717) is 0 Å². The lowest BCUT2D eigenvalue weighted by Crippen LogP contribution is -2.10. The largest absolute Gasteiger partial charge is 0.319 e. The molecular weight excluding hydrogens is 174 g/mol. The second-order valence-corrected chi connectivity index (χ2v) is 3.44. The van der Waals surface area contributed by atoms with Gasteiger partial charge in [0.1, 0.15) is 0 Å². The highest BCUT2D eigenvalue weighted by Gasteiger charge is 2.05. The summed E-state index contributed by atoms with van der Waals surface area (Å²) in [6.07, 6.45) is 0.984. The van der Waals surface area contributed by atoms with Crippen molar-refractivity contribution >= 4 is 10.9 Å². The quantitative estimate of drug-likeness (QED) is 0.789. The molecule has 3 heteroatoms. The fourth-order valence-electron chi connectivity index (χ4n) is 1.72. The number of nitrogens with zero attached hydrogens (tertiary/aromatic N) is 2. The van der Waals surface area contributed by atoms with Crippen molar-refractivity contribution in [1.82, 2.24) is 15.1 Å². The maximum atomic E-state index is 4.50. The van der Waals surface area contributed by atoms with Gasteiger partial charge in [0.05, 0.1) is 11.2 Å². The number of aryl methyl sites for hydroxylation is 1. The molecule has 0 amide bonds. The van der Waals surface area contributed by atoms with E-state index in [-0.39, 0.29) is 0 Å². The van der Waals surface area contributed by atoms with Gasteiger partial charge in [-0.1, -0.05) is 18.2 Å². The first-order valence-electron chi connectivity index (χ1n) is 4.88. The molecule has 14 heavy (non-hydrogen) atoms. The summed E-state index contributed by atoms with van der Waals surface area (Å²) in [7, 11) is 3.95. The van der Waals surface area contributed by atoms with Gasteiger partial charge < -0.3 is 5.32 Å². The van der Waals surface area contributed by atoms with Crippen molar-refractivity contribution in [2.45, 2.75) is 6.42 Å². The van der Waals surface area contributed by atoms with Crippen LogP contribution in [0, 0.1) is 0 Å². The van der Waals surface area contributed by atoms with Gasteiger partial charge in [0.25, 0.3) is 0 Å². The summed E-state index contributed by atoms with van der Waals surface area (Å²) in [5.41, 5.74) is 2.39. The van der Waals surface area contributed by atoms with Crippen LogP contribution in [-0.2, 0) is 13.5 Å². The van der Waals surface area contributed by atoms with E-state index in [2.05, 4.69) is 28.6 Å². The van der Waals surface area contributed by atoms with Crippen LogP contribution in [0.25, 0.3) is 10.9 Å². The molecule has 0 bridgehead atoms. The van der Waals surface area contributed by atoms with E-state index in [0.717, 1.165) is 13.0 Å². The third-order valence-electron chi connectivity index (χ3n) is 2.45. The highest BCUT2D eigenvalue weighted by Crippen LogP contribution is 2.17. The first-order chi connectivity index (χ1) is 6.83. The molecule has 1 N–H and O–H groups in total. The summed E-state index contributed by atoms with van der Waals surface area (Å²) in [4.78, 5) is 0. The molecule has 3 nitrogen and oxygen atoms in total. The highest BCUT2D eigenvalue weighted by molar-refractivity contribution is 5.81. The minimum Gasteiger partial charge on any atom is -0.319 e. The maximum absolute atomic E-state index is 4.50. The van der Waals surface area contributed by atoms with Crippen molar-refractivity contribution in [1.29, 1.82) is 0 Å². The van der Waals surface area contributed by atoms with Crippen molar-refractivity contribution in [3.05, 3.63) is 30.0 Å². The average Bonchev–Trinajstić information content (AvgIpc) is 2.54. The van der Waals surface area contributed by atoms with Gasteiger partial charge >= 0.3 is 0 Å². The van der Waals surface area contributed by atoms with Gasteiger partial charge in [-0.05, 0) is 13.1 Å². The number of likely N-dealkylation sites (N-methyl/N-ethyl adjacent to an activating group) is 1. The third-order valence-corrected chi connectivity index (χ3v) is 2.45. The standard InChI is InChI=1S/C11H15N3/c1-12-8-7-10-9-5-3-4-6-11(9)14(2)13-10/h3-6,12H,7-8H2,1-2H3. The summed E-state index contributed by atoms with van der Waals surface area (Å²) in [5.74, 6) is 0. The number of benzene rings is 1. The Morgan fingerprint density at radius 2 is 2.14 bits per heavy atom. The minimum atomic E-state index is 0.973. The van der Waals surface area contributed by atoms with Crippen molar-refractivity contribution in [3.63, 3.8) is 0 Å². The Labute approximate surface area is 83.7 Å². The fraction of sp³-hybridized carbons (Fsp3) is 0.364. The Balaban J connectivity index is 2.44. The molecule has 1 aromatic heterocycles. The minimum absolute atomic E-state index is 0.973. The van der Waals surface area contributed by atoms with Gasteiger partial charge in [-0.15, -0.1) is 0 Å². The van der Waals surface area contributed by atoms with Crippen molar-refractivity contribution in [2.75, 3.05) is 13.6 Å². The van der Waals surface area contributed by atoms with Crippen LogP contribution >= 0.6 is 0 Å². The SMILES string of the molecule is CNCCc1nn(C)c2ccccc12. The summed E-state index contributed by atoms with van der Waals surface area (Å²) < 4.78 is 1.94. The third kappa shape index (κ3) is 1.51. The Morgan fingerprint density at radius 3 is 2.93 bits per heavy atom. The zero-order valence-corrected chi connectivity index (χ0v) is 8.62. The molecule has 74 valence electrons. The van der Waals surface area contributed by atoms with Crippen molar-refractivity contribution in [2.24, 2.45) is 7.05 Å². The van der Waals surface area contributed by atoms with Gasteiger partial charge in [-0.25, -0.2) is 0 Å². The van der Waals surface area contributed by atoms with Crippen molar-refractivity contribution < 1.29 is 0 Å². The van der Waals surface area contributed by atoms with Crippen LogP contribution in [0.3, 0.4) is 0 Å². The van der Waals surface area contributed by atoms with Crippen LogP contribution in [0.4, 0.5) is 0 Å². The molecule has 1 aromatic carbocycles. The molecule has 0 fully saturated rings. The molecule has 0 saturated heterocycles. The second-order valence-electron chi connectivity index (χ2n) is 3.44. The van der Waals surface area contributed by atoms with Gasteiger partial charge in [0.2, 0.25) is 0 Å². The Bertz CT molecular complexity index is 431. The van der Waals surface area contributed by atoms with E-state index in [1.54, 1.807) is 0 Å². The Kier molecular flexibility index (Phi) is 2.50. The Hall–Kier alpha value is -1.35. The monoisotopic (exact) mass is 189 g/mol. The number of rotatable bonds is 3. The van der Waals surface area contributed by atoms with Crippen molar-refractivity contribution in [3.8, 4) is 0 Å². The predicted molar refractivity (Wildman–Crippen MR) is 58.3 cm³/mol. The van der Waals surface area contributed by atoms with Crippen LogP contribution in [-0.4, -0.2) is 23.4 Å². The van der Waals surface area contributed by atoms with Gasteiger partial charge in [0, 0.05) is 25.4 Å². The molecule has 0 aliphatic rings. The normalized spacial score (nSPS) is 11.0. The van der Waals surface area contributed by atoms with E-state index >= 15 is 0 Å². The maximum Gasteiger partial charge on any atom is 0.0715 e. The highest BCUT2D eigenvalue weighted by atomic mass is 15.3. The molecule has 0 spiro atoms. The molecule has 0 atom stereocenters. The van der Waals surface area contributed by atoms with Gasteiger partial charge in [-0.3, -0.25) is 4.68 Å². The summed E-state index contributed by atoms with van der Waals surface area (Å²) >= 11 is 0. The fourth-order valence-corrected chi connectivity index (χ4v) is 1.72. The first-order valence-corrected chi connectivity index (χ1v) is 4.88. The Morgan fingerprint density at radius 1 is 1.36 bits per heavy atom. The average molecular weight is 189 g/mol. The zero-order chi connectivity index (χ0) is 9.97. The second kappa shape index (κ2) is 3.80. The van der Waals surface area contributed by atoms with Crippen LogP contribution in [0.1, 0.15) is 5.69 Å². The summed E-state index contributed by atoms with van der Waals surface area (Å²) in [5, 5.41) is 8.91. The van der Waals surface area contributed by atoms with E-state index in [9.17, 15) is 0 Å². The summed E-state index contributed by atoms with van der Waals surface area (Å²) in [6, 6.07) is 8.34. The van der Waals surface area contributed by atoms with E-state index < -0.39 is 0 Å². The molecule has 1 heterocycles.